The van der Waals surface area contributed by atoms with Crippen molar-refractivity contribution in [1.29, 1.82) is 0 Å². The van der Waals surface area contributed by atoms with E-state index in [-0.39, 0.29) is 11.7 Å². The van der Waals surface area contributed by atoms with Gasteiger partial charge in [0.15, 0.2) is 0 Å². The van der Waals surface area contributed by atoms with Gasteiger partial charge in [-0.15, -0.1) is 0 Å². The molecular weight excluding hydrogens is 276 g/mol. The van der Waals surface area contributed by atoms with Gasteiger partial charge in [-0.25, -0.2) is 4.68 Å². The van der Waals surface area contributed by atoms with Gasteiger partial charge in [0.1, 0.15) is 5.69 Å². The zero-order valence-electron chi connectivity index (χ0n) is 11.2. The molecule has 0 saturated heterocycles. The quantitative estimate of drug-likeness (QED) is 0.882. The summed E-state index contributed by atoms with van der Waals surface area (Å²) in [7, 11) is 0. The Morgan fingerprint density at radius 3 is 2.80 bits per heavy atom. The minimum Gasteiger partial charge on any atom is -0.364 e. The number of benzene rings is 1. The molecule has 1 heterocycles. The number of nitrogens with zero attached hydrogens (tertiary/aromatic N) is 2. The van der Waals surface area contributed by atoms with E-state index in [1.807, 2.05) is 19.1 Å². The van der Waals surface area contributed by atoms with Crippen molar-refractivity contribution in [3.8, 4) is 5.69 Å². The zero-order chi connectivity index (χ0) is 14.7. The highest BCUT2D eigenvalue weighted by molar-refractivity contribution is 6.32. The van der Waals surface area contributed by atoms with Crippen molar-refractivity contribution in [3.05, 3.63) is 46.7 Å². The zero-order valence-corrected chi connectivity index (χ0v) is 12.0. The summed E-state index contributed by atoms with van der Waals surface area (Å²) in [6.45, 7) is 2.04. The average molecular weight is 293 g/mol. The fourth-order valence-electron chi connectivity index (χ4n) is 1.99. The molecule has 0 saturated carbocycles. The van der Waals surface area contributed by atoms with Gasteiger partial charge in [-0.1, -0.05) is 30.7 Å². The van der Waals surface area contributed by atoms with Gasteiger partial charge in [-0.05, 0) is 30.5 Å². The Bertz CT molecular complexity index is 623. The van der Waals surface area contributed by atoms with Crippen LogP contribution in [0.5, 0.6) is 0 Å². The number of rotatable bonds is 5. The van der Waals surface area contributed by atoms with Crippen molar-refractivity contribution in [2.45, 2.75) is 25.8 Å². The third kappa shape index (κ3) is 3.00. The molecule has 1 unspecified atom stereocenters. The first-order chi connectivity index (χ1) is 9.52. The molecule has 2 aromatic rings. The van der Waals surface area contributed by atoms with E-state index >= 15 is 0 Å². The first kappa shape index (κ1) is 14.6. The van der Waals surface area contributed by atoms with Crippen LogP contribution in [0.4, 0.5) is 0 Å². The topological polar surface area (TPSA) is 86.9 Å². The van der Waals surface area contributed by atoms with Crippen LogP contribution in [0.15, 0.2) is 30.5 Å². The summed E-state index contributed by atoms with van der Waals surface area (Å²) >= 11 is 6.26. The fourth-order valence-corrected chi connectivity index (χ4v) is 2.27. The van der Waals surface area contributed by atoms with Crippen molar-refractivity contribution in [2.24, 2.45) is 11.5 Å². The Labute approximate surface area is 122 Å². The molecule has 4 N–H and O–H groups in total. The molecule has 1 aromatic heterocycles. The summed E-state index contributed by atoms with van der Waals surface area (Å²) in [6.07, 6.45) is 3.23. The molecule has 5 nitrogen and oxygen atoms in total. The van der Waals surface area contributed by atoms with E-state index in [2.05, 4.69) is 5.10 Å². The first-order valence-corrected chi connectivity index (χ1v) is 6.79. The number of aromatic nitrogens is 2. The molecule has 0 aliphatic rings. The molecule has 0 bridgehead atoms. The van der Waals surface area contributed by atoms with Gasteiger partial charge in [-0.2, -0.15) is 5.10 Å². The van der Waals surface area contributed by atoms with Crippen LogP contribution >= 0.6 is 11.6 Å². The molecular formula is C14H17ClN4O. The molecule has 0 radical (unpaired) electrons. The summed E-state index contributed by atoms with van der Waals surface area (Å²) in [6, 6.07) is 7.24. The van der Waals surface area contributed by atoms with Gasteiger partial charge in [0, 0.05) is 12.2 Å². The second kappa shape index (κ2) is 6.07. The normalized spacial score (nSPS) is 12.3. The van der Waals surface area contributed by atoms with E-state index in [9.17, 15) is 4.79 Å². The first-order valence-electron chi connectivity index (χ1n) is 6.41. The number of hydrogen-bond donors (Lipinski definition) is 2. The maximum Gasteiger partial charge on any atom is 0.269 e. The van der Waals surface area contributed by atoms with E-state index in [0.717, 1.165) is 17.7 Å². The van der Waals surface area contributed by atoms with Crippen LogP contribution in [0, 0.1) is 0 Å². The highest BCUT2D eigenvalue weighted by Gasteiger charge is 2.14. The van der Waals surface area contributed by atoms with E-state index in [1.54, 1.807) is 23.0 Å². The maximum absolute atomic E-state index is 11.1. The van der Waals surface area contributed by atoms with Crippen LogP contribution in [-0.2, 0) is 6.42 Å². The standard InChI is InChI=1S/C14H17ClN4O/c1-2-10(16)8-9-4-3-5-11(15)13(9)19-7-6-12(18-19)14(17)20/h3-7,10H,2,8,16H2,1H3,(H2,17,20). The number of hydrogen-bond acceptors (Lipinski definition) is 3. The minimum absolute atomic E-state index is 0.0541. The van der Waals surface area contributed by atoms with E-state index in [4.69, 9.17) is 23.1 Å². The van der Waals surface area contributed by atoms with Crippen molar-refractivity contribution in [3.63, 3.8) is 0 Å². The van der Waals surface area contributed by atoms with Crippen LogP contribution in [-0.4, -0.2) is 21.7 Å². The van der Waals surface area contributed by atoms with Gasteiger partial charge < -0.3 is 11.5 Å². The molecule has 0 aliphatic heterocycles. The van der Waals surface area contributed by atoms with Crippen LogP contribution in [0.2, 0.25) is 5.02 Å². The van der Waals surface area contributed by atoms with Crippen LogP contribution in [0.25, 0.3) is 5.69 Å². The second-order valence-electron chi connectivity index (χ2n) is 4.63. The lowest BCUT2D eigenvalue weighted by atomic mass is 10.0. The molecule has 0 fully saturated rings. The van der Waals surface area contributed by atoms with Crippen LogP contribution in [0.3, 0.4) is 0 Å². The molecule has 20 heavy (non-hydrogen) atoms. The summed E-state index contributed by atoms with van der Waals surface area (Å²) in [5.74, 6) is -0.567. The molecule has 0 aliphatic carbocycles. The predicted molar refractivity (Wildman–Crippen MR) is 79.1 cm³/mol. The number of halogens is 1. The SMILES string of the molecule is CCC(N)Cc1cccc(Cl)c1-n1ccc(C(N)=O)n1. The van der Waals surface area contributed by atoms with E-state index < -0.39 is 5.91 Å². The Morgan fingerprint density at radius 2 is 2.20 bits per heavy atom. The van der Waals surface area contributed by atoms with Crippen LogP contribution < -0.4 is 11.5 Å². The number of carbonyl (C=O) groups excluding carboxylic acids is 1. The third-order valence-electron chi connectivity index (χ3n) is 3.15. The molecule has 1 aromatic carbocycles. The van der Waals surface area contributed by atoms with Crippen molar-refractivity contribution in [2.75, 3.05) is 0 Å². The van der Waals surface area contributed by atoms with Crippen molar-refractivity contribution >= 4 is 17.5 Å². The molecule has 6 heteroatoms. The van der Waals surface area contributed by atoms with Crippen LogP contribution in [0.1, 0.15) is 29.4 Å². The Kier molecular flexibility index (Phi) is 4.42. The summed E-state index contributed by atoms with van der Waals surface area (Å²) in [4.78, 5) is 11.1. The number of para-hydroxylation sites is 1. The van der Waals surface area contributed by atoms with Crippen molar-refractivity contribution < 1.29 is 4.79 Å². The number of amides is 1. The summed E-state index contributed by atoms with van der Waals surface area (Å²) in [5.41, 5.74) is 13.2. The van der Waals surface area contributed by atoms with E-state index in [1.165, 1.54) is 0 Å². The monoisotopic (exact) mass is 292 g/mol. The average Bonchev–Trinajstić information content (AvgIpc) is 2.88. The van der Waals surface area contributed by atoms with Gasteiger partial charge in [-0.3, -0.25) is 4.79 Å². The lowest BCUT2D eigenvalue weighted by molar-refractivity contribution is 0.0995. The smallest absolute Gasteiger partial charge is 0.269 e. The Balaban J connectivity index is 2.45. The third-order valence-corrected chi connectivity index (χ3v) is 3.45. The highest BCUT2D eigenvalue weighted by Crippen LogP contribution is 2.25. The molecule has 2 rings (SSSR count). The number of carbonyl (C=O) groups is 1. The van der Waals surface area contributed by atoms with Crippen molar-refractivity contribution in [1.82, 2.24) is 9.78 Å². The van der Waals surface area contributed by atoms with Gasteiger partial charge in [0.25, 0.3) is 5.91 Å². The fraction of sp³-hybridized carbons (Fsp3) is 0.286. The Hall–Kier alpha value is -1.85. The molecule has 106 valence electrons. The lowest BCUT2D eigenvalue weighted by Gasteiger charge is -2.14. The molecule has 1 atom stereocenters. The Morgan fingerprint density at radius 1 is 1.45 bits per heavy atom. The van der Waals surface area contributed by atoms with E-state index in [0.29, 0.717) is 11.4 Å². The largest absolute Gasteiger partial charge is 0.364 e. The number of primary amides is 1. The second-order valence-corrected chi connectivity index (χ2v) is 5.04. The van der Waals surface area contributed by atoms with Gasteiger partial charge >= 0.3 is 0 Å². The summed E-state index contributed by atoms with van der Waals surface area (Å²) in [5, 5.41) is 4.71. The highest BCUT2D eigenvalue weighted by atomic mass is 35.5. The maximum atomic E-state index is 11.1. The lowest BCUT2D eigenvalue weighted by Crippen LogP contribution is -2.22. The molecule has 1 amide bonds. The van der Waals surface area contributed by atoms with Gasteiger partial charge in [0.05, 0.1) is 10.7 Å². The number of nitrogens with two attached hydrogens (primary N) is 2. The predicted octanol–water partition coefficient (Wildman–Crippen LogP) is 1.90. The summed E-state index contributed by atoms with van der Waals surface area (Å²) < 4.78 is 1.57. The van der Waals surface area contributed by atoms with Gasteiger partial charge in [0.2, 0.25) is 0 Å². The molecule has 0 spiro atoms. The minimum atomic E-state index is -0.567.